The van der Waals surface area contributed by atoms with Gasteiger partial charge < -0.3 is 13.9 Å². The van der Waals surface area contributed by atoms with E-state index >= 15 is 0 Å². The molecule has 1 atom stereocenters. The van der Waals surface area contributed by atoms with Crippen molar-refractivity contribution in [3.8, 4) is 39.8 Å². The van der Waals surface area contributed by atoms with E-state index in [2.05, 4.69) is 96.7 Å². The Labute approximate surface area is 210 Å². The molecular formula is C30H35NO3Si. The zero-order valence-electron chi connectivity index (χ0n) is 22.1. The molecule has 1 heterocycles. The largest absolute Gasteiger partial charge is 0.486 e. The molecule has 1 aliphatic heterocycles. The average Bonchev–Trinajstić information content (AvgIpc) is 2.80. The first kappa shape index (κ1) is 25.0. The fraction of sp³-hybridized carbons (Fsp3) is 0.367. The summed E-state index contributed by atoms with van der Waals surface area (Å²) in [6.07, 6.45) is -0.749. The molecule has 182 valence electrons. The molecule has 5 heteroatoms. The van der Waals surface area contributed by atoms with Gasteiger partial charge in [0.25, 0.3) is 0 Å². The van der Waals surface area contributed by atoms with Crippen molar-refractivity contribution in [2.75, 3.05) is 13.2 Å². The molecule has 0 radical (unpaired) electrons. The summed E-state index contributed by atoms with van der Waals surface area (Å²) in [5.41, 5.74) is 10.9. The molecule has 3 aromatic carbocycles. The Hall–Kier alpha value is -3.07. The Morgan fingerprint density at radius 2 is 1.29 bits per heavy atom. The summed E-state index contributed by atoms with van der Waals surface area (Å²) in [6, 6.07) is 15.4. The molecule has 3 aromatic rings. The monoisotopic (exact) mass is 485 g/mol. The number of rotatable bonds is 5. The summed E-state index contributed by atoms with van der Waals surface area (Å²) in [6.45, 7) is 17.8. The Morgan fingerprint density at radius 3 is 1.77 bits per heavy atom. The van der Waals surface area contributed by atoms with Gasteiger partial charge in [-0.1, -0.05) is 36.4 Å². The quantitative estimate of drug-likeness (QED) is 0.347. The minimum absolute atomic E-state index is 0.437. The number of ether oxygens (including phenoxy) is 2. The van der Waals surface area contributed by atoms with Gasteiger partial charge in [-0.05, 0) is 98.8 Å². The van der Waals surface area contributed by atoms with Gasteiger partial charge in [0.1, 0.15) is 13.2 Å². The van der Waals surface area contributed by atoms with Gasteiger partial charge in [-0.2, -0.15) is 5.26 Å². The molecule has 0 amide bonds. The van der Waals surface area contributed by atoms with Crippen LogP contribution in [0.15, 0.2) is 36.4 Å². The maximum Gasteiger partial charge on any atom is 0.186 e. The van der Waals surface area contributed by atoms with E-state index in [0.29, 0.717) is 24.7 Å². The number of nitriles is 1. The molecule has 0 N–H and O–H groups in total. The smallest absolute Gasteiger partial charge is 0.186 e. The van der Waals surface area contributed by atoms with Crippen molar-refractivity contribution in [1.29, 1.82) is 5.26 Å². The van der Waals surface area contributed by atoms with Crippen LogP contribution in [0.4, 0.5) is 0 Å². The van der Waals surface area contributed by atoms with Crippen LogP contribution < -0.4 is 9.47 Å². The predicted molar refractivity (Wildman–Crippen MR) is 145 cm³/mol. The van der Waals surface area contributed by atoms with Gasteiger partial charge >= 0.3 is 0 Å². The van der Waals surface area contributed by atoms with E-state index in [9.17, 15) is 5.26 Å². The van der Waals surface area contributed by atoms with E-state index in [1.807, 2.05) is 0 Å². The number of nitrogens with zero attached hydrogens (tertiary/aromatic N) is 1. The second kappa shape index (κ2) is 9.52. The zero-order valence-corrected chi connectivity index (χ0v) is 23.1. The first-order valence-corrected chi connectivity index (χ1v) is 15.6. The second-order valence-electron chi connectivity index (χ2n) is 10.5. The second-order valence-corrected chi connectivity index (χ2v) is 14.9. The molecule has 0 spiro atoms. The van der Waals surface area contributed by atoms with E-state index in [1.165, 1.54) is 22.3 Å². The molecule has 0 saturated heterocycles. The lowest BCUT2D eigenvalue weighted by molar-refractivity contribution is 0.164. The van der Waals surface area contributed by atoms with Crippen molar-refractivity contribution < 1.29 is 13.9 Å². The maximum absolute atomic E-state index is 10.3. The normalized spacial score (nSPS) is 13.9. The Kier molecular flexibility index (Phi) is 6.81. The molecule has 35 heavy (non-hydrogen) atoms. The zero-order chi connectivity index (χ0) is 25.5. The first-order chi connectivity index (χ1) is 16.5. The predicted octanol–water partition coefficient (Wildman–Crippen LogP) is 7.75. The minimum Gasteiger partial charge on any atom is -0.486 e. The van der Waals surface area contributed by atoms with Gasteiger partial charge in [0.05, 0.1) is 6.07 Å². The van der Waals surface area contributed by atoms with Crippen LogP contribution >= 0.6 is 0 Å². The molecule has 0 bridgehead atoms. The summed E-state index contributed by atoms with van der Waals surface area (Å²) in [4.78, 5) is 0. The van der Waals surface area contributed by atoms with Gasteiger partial charge in [0.2, 0.25) is 0 Å². The van der Waals surface area contributed by atoms with Crippen LogP contribution in [0.25, 0.3) is 22.3 Å². The first-order valence-electron chi connectivity index (χ1n) is 12.2. The topological polar surface area (TPSA) is 51.5 Å². The van der Waals surface area contributed by atoms with Crippen molar-refractivity contribution in [1.82, 2.24) is 0 Å². The molecule has 0 fully saturated rings. The lowest BCUT2D eigenvalue weighted by Gasteiger charge is -2.32. The number of benzene rings is 3. The summed E-state index contributed by atoms with van der Waals surface area (Å²) in [7, 11) is -2.04. The SMILES string of the molecule is Cc1ccc(-c2c(C)c(-c3ccc(C)c(C)c3)c(C(C#N)O[Si](C)(C)C)c3c2OCCO3)cc1C. The molecular weight excluding hydrogens is 450 g/mol. The third-order valence-corrected chi connectivity index (χ3v) is 7.66. The van der Waals surface area contributed by atoms with Gasteiger partial charge in [-0.25, -0.2) is 0 Å². The molecule has 1 aliphatic rings. The highest BCUT2D eigenvalue weighted by Gasteiger charge is 2.34. The van der Waals surface area contributed by atoms with Gasteiger partial charge in [0, 0.05) is 11.1 Å². The highest BCUT2D eigenvalue weighted by atomic mass is 28.4. The number of fused-ring (bicyclic) bond motifs is 1. The maximum atomic E-state index is 10.3. The van der Waals surface area contributed by atoms with Crippen molar-refractivity contribution in [2.45, 2.75) is 60.4 Å². The third kappa shape index (κ3) is 4.87. The summed E-state index contributed by atoms with van der Waals surface area (Å²) in [5, 5.41) is 10.3. The Bertz CT molecular complexity index is 1330. The molecule has 4 nitrogen and oxygen atoms in total. The third-order valence-electron chi connectivity index (χ3n) is 6.72. The standard InChI is InChI=1S/C30H35NO3Si/c1-18-9-11-23(15-20(18)3)26-22(5)27(24-12-10-19(2)21(4)16-24)29-30(33-14-13-32-29)28(26)25(17-31)34-35(6,7)8/h9-12,15-16,25H,13-14H2,1-8H3. The van der Waals surface area contributed by atoms with Crippen LogP contribution in [0.3, 0.4) is 0 Å². The number of hydrogen-bond acceptors (Lipinski definition) is 4. The Balaban J connectivity index is 2.13. The molecule has 0 saturated carbocycles. The van der Waals surface area contributed by atoms with E-state index < -0.39 is 14.4 Å². The number of aryl methyl sites for hydroxylation is 4. The van der Waals surface area contributed by atoms with Crippen molar-refractivity contribution in [3.63, 3.8) is 0 Å². The number of hydrogen-bond donors (Lipinski definition) is 0. The van der Waals surface area contributed by atoms with Crippen molar-refractivity contribution in [2.24, 2.45) is 0 Å². The summed E-state index contributed by atoms with van der Waals surface area (Å²) >= 11 is 0. The fourth-order valence-electron chi connectivity index (χ4n) is 4.68. The van der Waals surface area contributed by atoms with Crippen LogP contribution in [0.2, 0.25) is 19.6 Å². The molecule has 0 aliphatic carbocycles. The fourth-order valence-corrected chi connectivity index (χ4v) is 5.56. The Morgan fingerprint density at radius 1 is 0.771 bits per heavy atom. The van der Waals surface area contributed by atoms with Crippen LogP contribution in [0.1, 0.15) is 39.5 Å². The molecule has 1 unspecified atom stereocenters. The van der Waals surface area contributed by atoms with E-state index in [0.717, 1.165) is 33.4 Å². The van der Waals surface area contributed by atoms with Gasteiger partial charge in [0.15, 0.2) is 25.9 Å². The van der Waals surface area contributed by atoms with E-state index in [4.69, 9.17) is 13.9 Å². The van der Waals surface area contributed by atoms with Crippen molar-refractivity contribution >= 4 is 8.32 Å². The van der Waals surface area contributed by atoms with Crippen molar-refractivity contribution in [3.05, 3.63) is 69.8 Å². The van der Waals surface area contributed by atoms with Crippen LogP contribution in [0, 0.1) is 45.9 Å². The van der Waals surface area contributed by atoms with Crippen LogP contribution in [-0.2, 0) is 4.43 Å². The van der Waals surface area contributed by atoms with E-state index in [1.54, 1.807) is 0 Å². The lowest BCUT2D eigenvalue weighted by atomic mass is 9.84. The van der Waals surface area contributed by atoms with E-state index in [-0.39, 0.29) is 0 Å². The highest BCUT2D eigenvalue weighted by molar-refractivity contribution is 6.69. The van der Waals surface area contributed by atoms with Gasteiger partial charge in [-0.15, -0.1) is 0 Å². The summed E-state index contributed by atoms with van der Waals surface area (Å²) in [5.74, 6) is 1.34. The van der Waals surface area contributed by atoms with Crippen LogP contribution in [-0.4, -0.2) is 21.5 Å². The lowest BCUT2D eigenvalue weighted by Crippen LogP contribution is -2.29. The van der Waals surface area contributed by atoms with Crippen LogP contribution in [0.5, 0.6) is 11.5 Å². The summed E-state index contributed by atoms with van der Waals surface area (Å²) < 4.78 is 19.0. The molecule has 0 aromatic heterocycles. The average molecular weight is 486 g/mol. The highest BCUT2D eigenvalue weighted by Crippen LogP contribution is 2.52. The molecule has 4 rings (SSSR count). The minimum atomic E-state index is -2.04. The van der Waals surface area contributed by atoms with Gasteiger partial charge in [-0.3, -0.25) is 0 Å².